The first-order valence-corrected chi connectivity index (χ1v) is 11.5. The number of nitrogens with one attached hydrogen (secondary N) is 1. The number of nitrogens with zero attached hydrogens (tertiary/aromatic N) is 1. The molecule has 1 unspecified atom stereocenters. The fourth-order valence-corrected chi connectivity index (χ4v) is 4.74. The predicted octanol–water partition coefficient (Wildman–Crippen LogP) is 3.83. The van der Waals surface area contributed by atoms with Gasteiger partial charge in [-0.05, 0) is 43.6 Å². The van der Waals surface area contributed by atoms with E-state index in [0.717, 1.165) is 31.4 Å². The van der Waals surface area contributed by atoms with Crippen LogP contribution in [0, 0.1) is 5.41 Å². The van der Waals surface area contributed by atoms with Crippen LogP contribution >= 0.6 is 0 Å². The summed E-state index contributed by atoms with van der Waals surface area (Å²) in [7, 11) is 1.65. The molecule has 2 aromatic heterocycles. The molecule has 178 valence electrons. The second kappa shape index (κ2) is 8.91. The maximum absolute atomic E-state index is 12.4. The normalized spacial score (nSPS) is 21.8. The Balaban J connectivity index is 1.83. The van der Waals surface area contributed by atoms with Crippen molar-refractivity contribution < 1.29 is 24.5 Å². The highest BCUT2D eigenvalue weighted by Gasteiger charge is 2.45. The fraction of sp³-hybridized carbons (Fsp3) is 0.560. The third-order valence-electron chi connectivity index (χ3n) is 6.62. The molecule has 0 aliphatic heterocycles. The average molecular weight is 457 g/mol. The zero-order chi connectivity index (χ0) is 23.8. The Morgan fingerprint density at radius 2 is 2.00 bits per heavy atom. The van der Waals surface area contributed by atoms with E-state index in [1.54, 1.807) is 7.11 Å². The van der Waals surface area contributed by atoms with Gasteiger partial charge in [0.25, 0.3) is 0 Å². The number of hydrogen-bond donors (Lipinski definition) is 3. The van der Waals surface area contributed by atoms with E-state index in [2.05, 4.69) is 18.8 Å². The molecule has 1 atom stereocenters. The van der Waals surface area contributed by atoms with Crippen molar-refractivity contribution in [3.05, 3.63) is 45.4 Å². The van der Waals surface area contributed by atoms with E-state index in [-0.39, 0.29) is 16.9 Å². The van der Waals surface area contributed by atoms with E-state index in [1.807, 2.05) is 6.07 Å². The van der Waals surface area contributed by atoms with Crippen molar-refractivity contribution in [2.24, 2.45) is 5.41 Å². The molecule has 0 bridgehead atoms. The maximum atomic E-state index is 12.4. The van der Waals surface area contributed by atoms with Gasteiger partial charge in [0.1, 0.15) is 11.3 Å². The molecule has 2 fully saturated rings. The van der Waals surface area contributed by atoms with Crippen molar-refractivity contribution in [1.82, 2.24) is 9.97 Å². The quantitative estimate of drug-likeness (QED) is 0.490. The average Bonchev–Trinajstić information content (AvgIpc) is 3.55. The van der Waals surface area contributed by atoms with E-state index >= 15 is 0 Å². The van der Waals surface area contributed by atoms with Gasteiger partial charge in [-0.3, -0.25) is 4.79 Å². The molecule has 0 amide bonds. The van der Waals surface area contributed by atoms with Crippen LogP contribution < -0.4 is 10.2 Å². The smallest absolute Gasteiger partial charge is 0.341 e. The Morgan fingerprint density at radius 1 is 1.24 bits per heavy atom. The van der Waals surface area contributed by atoms with Crippen molar-refractivity contribution in [1.29, 1.82) is 0 Å². The summed E-state index contributed by atoms with van der Waals surface area (Å²) in [6.07, 6.45) is 5.92. The van der Waals surface area contributed by atoms with Gasteiger partial charge in [0.15, 0.2) is 5.43 Å². The van der Waals surface area contributed by atoms with Gasteiger partial charge in [-0.15, -0.1) is 0 Å². The van der Waals surface area contributed by atoms with Crippen LogP contribution in [0.15, 0.2) is 23.1 Å². The molecule has 2 aliphatic carbocycles. The first-order valence-electron chi connectivity index (χ1n) is 11.5. The van der Waals surface area contributed by atoms with Gasteiger partial charge in [-0.2, -0.15) is 0 Å². The number of hydrogen-bond acceptors (Lipinski definition) is 6. The molecular weight excluding hydrogens is 424 g/mol. The van der Waals surface area contributed by atoms with Crippen LogP contribution in [0.4, 0.5) is 0 Å². The third-order valence-corrected chi connectivity index (χ3v) is 6.62. The largest absolute Gasteiger partial charge is 0.492 e. The number of carboxylic acid groups (broad SMARTS) is 1. The molecule has 2 saturated carbocycles. The number of ether oxygens (including phenoxy) is 2. The number of aromatic carboxylic acids is 1. The number of aromatic nitrogens is 2. The van der Waals surface area contributed by atoms with Crippen LogP contribution in [0.3, 0.4) is 0 Å². The van der Waals surface area contributed by atoms with Gasteiger partial charge in [-0.25, -0.2) is 9.78 Å². The fourth-order valence-electron chi connectivity index (χ4n) is 4.74. The molecule has 0 aromatic carbocycles. The van der Waals surface area contributed by atoms with E-state index in [4.69, 9.17) is 14.5 Å². The molecular formula is C25H32N2O6. The monoisotopic (exact) mass is 456 g/mol. The van der Waals surface area contributed by atoms with Crippen molar-refractivity contribution in [2.75, 3.05) is 20.3 Å². The highest BCUT2D eigenvalue weighted by atomic mass is 16.5. The first-order chi connectivity index (χ1) is 15.6. The third kappa shape index (κ3) is 4.96. The first kappa shape index (κ1) is 23.4. The van der Waals surface area contributed by atoms with Crippen LogP contribution in [-0.2, 0) is 10.3 Å². The Morgan fingerprint density at radius 3 is 2.58 bits per heavy atom. The molecule has 33 heavy (non-hydrogen) atoms. The van der Waals surface area contributed by atoms with Crippen LogP contribution in [0.1, 0.15) is 79.9 Å². The number of carboxylic acids is 1. The zero-order valence-electron chi connectivity index (χ0n) is 19.4. The zero-order valence-corrected chi connectivity index (χ0v) is 19.4. The molecule has 3 N–H and O–H groups in total. The number of aromatic amines is 1. The molecule has 0 radical (unpaired) electrons. The van der Waals surface area contributed by atoms with Crippen molar-refractivity contribution >= 4 is 5.97 Å². The van der Waals surface area contributed by atoms with E-state index < -0.39 is 17.0 Å². The predicted molar refractivity (Wildman–Crippen MR) is 123 cm³/mol. The number of rotatable bonds is 9. The van der Waals surface area contributed by atoms with Gasteiger partial charge in [-0.1, -0.05) is 13.8 Å². The number of aliphatic hydroxyl groups is 1. The highest BCUT2D eigenvalue weighted by molar-refractivity contribution is 5.87. The van der Waals surface area contributed by atoms with Crippen molar-refractivity contribution in [3.63, 3.8) is 0 Å². The van der Waals surface area contributed by atoms with Crippen LogP contribution in [-0.4, -0.2) is 46.5 Å². The van der Waals surface area contributed by atoms with E-state index in [0.29, 0.717) is 48.8 Å². The Hall–Kier alpha value is -2.71. The number of H-pyrrole nitrogens is 1. The Bertz CT molecular complexity index is 1100. The summed E-state index contributed by atoms with van der Waals surface area (Å²) in [5.74, 6) is -0.351. The summed E-state index contributed by atoms with van der Waals surface area (Å²) in [5, 5.41) is 21.0. The summed E-state index contributed by atoms with van der Waals surface area (Å²) in [5.41, 5.74) is 0.203. The summed E-state index contributed by atoms with van der Waals surface area (Å²) in [6, 6.07) is 3.14. The molecule has 0 spiro atoms. The number of carbonyl (C=O) groups is 1. The maximum Gasteiger partial charge on any atom is 0.341 e. The SMILES string of the molecule is COCCCOc1cc(C2(O)CCC(C)(C)C2)c(-c2cc(=O)c(C(=O)O)c[nH]2)nc1C1CC1. The van der Waals surface area contributed by atoms with Crippen molar-refractivity contribution in [2.45, 2.75) is 63.9 Å². The molecule has 2 aliphatic rings. The van der Waals surface area contributed by atoms with Gasteiger partial charge in [0.05, 0.1) is 29.3 Å². The van der Waals surface area contributed by atoms with Gasteiger partial charge in [0, 0.05) is 43.9 Å². The number of methoxy groups -OCH3 is 1. The lowest BCUT2D eigenvalue weighted by molar-refractivity contribution is 0.0337. The minimum Gasteiger partial charge on any atom is -0.492 e. The molecule has 0 saturated heterocycles. The summed E-state index contributed by atoms with van der Waals surface area (Å²) >= 11 is 0. The molecule has 2 heterocycles. The minimum atomic E-state index is -1.29. The van der Waals surface area contributed by atoms with Crippen molar-refractivity contribution in [3.8, 4) is 17.1 Å². The van der Waals surface area contributed by atoms with E-state index in [1.165, 1.54) is 12.3 Å². The van der Waals surface area contributed by atoms with Crippen LogP contribution in [0.25, 0.3) is 11.4 Å². The second-order valence-electron chi connectivity index (χ2n) is 10.0. The van der Waals surface area contributed by atoms with E-state index in [9.17, 15) is 19.8 Å². The standard InChI is InChI=1S/C25H32N2O6/c1-24(2)7-8-25(31,14-24)17-11-20(33-10-4-9-32-3)21(15-5-6-15)27-22(17)18-12-19(28)16(13-26-18)23(29)30/h11-13,15,31H,4-10,14H2,1-3H3,(H,26,28)(H,29,30). The topological polar surface area (TPSA) is 122 Å². The lowest BCUT2D eigenvalue weighted by Crippen LogP contribution is -2.26. The Labute approximate surface area is 193 Å². The summed E-state index contributed by atoms with van der Waals surface area (Å²) < 4.78 is 11.2. The lowest BCUT2D eigenvalue weighted by Gasteiger charge is -2.29. The van der Waals surface area contributed by atoms with Gasteiger partial charge >= 0.3 is 5.97 Å². The van der Waals surface area contributed by atoms with Crippen LogP contribution in [0.5, 0.6) is 5.75 Å². The number of pyridine rings is 2. The highest BCUT2D eigenvalue weighted by Crippen LogP contribution is 2.52. The second-order valence-corrected chi connectivity index (χ2v) is 10.0. The lowest BCUT2D eigenvalue weighted by atomic mass is 9.84. The minimum absolute atomic E-state index is 0.0404. The summed E-state index contributed by atoms with van der Waals surface area (Å²) in [6.45, 7) is 5.32. The summed E-state index contributed by atoms with van der Waals surface area (Å²) in [4.78, 5) is 31.6. The molecule has 8 nitrogen and oxygen atoms in total. The van der Waals surface area contributed by atoms with Gasteiger partial charge < -0.3 is 24.7 Å². The molecule has 8 heteroatoms. The molecule has 2 aromatic rings. The molecule has 4 rings (SSSR count). The van der Waals surface area contributed by atoms with Crippen LogP contribution in [0.2, 0.25) is 0 Å². The Kier molecular flexibility index (Phi) is 6.33. The van der Waals surface area contributed by atoms with Gasteiger partial charge in [0.2, 0.25) is 0 Å².